The fraction of sp³-hybridized carbons (Fsp3) is 0.286. The molecule has 0 spiro atoms. The van der Waals surface area contributed by atoms with Crippen molar-refractivity contribution >= 4 is 0 Å². The molecule has 0 aliphatic rings. The fourth-order valence-corrected chi connectivity index (χ4v) is 2.05. The maximum atomic E-state index is 5.58. The zero-order valence-corrected chi connectivity index (χ0v) is 22.4. The standard InChI is InChI=1S/3C7H11N2.3BrH/c3*1-7(8)9-5-3-2-4-6-9;;;/h3*2-7H,8H2,1H3;3*1H/q3*+1;;;/p-3. The minimum atomic E-state index is 0. The van der Waals surface area contributed by atoms with Crippen molar-refractivity contribution in [3.63, 3.8) is 0 Å². The van der Waals surface area contributed by atoms with Crippen LogP contribution < -0.4 is 81.8 Å². The zero-order valence-electron chi connectivity index (χ0n) is 17.6. The average Bonchev–Trinajstić information content (AvgIpc) is 2.71. The van der Waals surface area contributed by atoms with Crippen LogP contribution in [0.3, 0.4) is 0 Å². The lowest BCUT2D eigenvalue weighted by molar-refractivity contribution is -0.719. The van der Waals surface area contributed by atoms with Gasteiger partial charge in [-0.15, -0.1) is 0 Å². The third kappa shape index (κ3) is 14.7. The summed E-state index contributed by atoms with van der Waals surface area (Å²) in [5, 5.41) is 0. The van der Waals surface area contributed by atoms with E-state index in [1.165, 1.54) is 0 Å². The molecule has 3 unspecified atom stereocenters. The summed E-state index contributed by atoms with van der Waals surface area (Å²) < 4.78 is 5.83. The number of hydrogen-bond donors (Lipinski definition) is 3. The maximum Gasteiger partial charge on any atom is 0.206 e. The van der Waals surface area contributed by atoms with E-state index in [0.717, 1.165) is 0 Å². The first-order chi connectivity index (χ1) is 12.9. The molecule has 168 valence electrons. The van der Waals surface area contributed by atoms with Gasteiger partial charge in [0, 0.05) is 57.2 Å². The molecular weight excluding hydrogens is 576 g/mol. The lowest BCUT2D eigenvalue weighted by atomic mass is 10.4. The number of rotatable bonds is 3. The van der Waals surface area contributed by atoms with Crippen LogP contribution in [0.2, 0.25) is 0 Å². The molecule has 0 saturated carbocycles. The van der Waals surface area contributed by atoms with Crippen LogP contribution in [0.15, 0.2) is 91.8 Å². The second-order valence-corrected chi connectivity index (χ2v) is 6.19. The first kappa shape index (κ1) is 33.4. The second-order valence-electron chi connectivity index (χ2n) is 6.19. The van der Waals surface area contributed by atoms with Crippen LogP contribution in [0, 0.1) is 0 Å². The Morgan fingerprint density at radius 2 is 0.567 bits per heavy atom. The van der Waals surface area contributed by atoms with Gasteiger partial charge in [0.25, 0.3) is 0 Å². The largest absolute Gasteiger partial charge is 1.00 e. The predicted octanol–water partition coefficient (Wildman–Crippen LogP) is -7.63. The topological polar surface area (TPSA) is 89.7 Å². The molecule has 9 heteroatoms. The molecule has 0 bridgehead atoms. The molecule has 0 aliphatic carbocycles. The summed E-state index contributed by atoms with van der Waals surface area (Å²) in [6.07, 6.45) is 11.9. The summed E-state index contributed by atoms with van der Waals surface area (Å²) in [7, 11) is 0. The van der Waals surface area contributed by atoms with Crippen molar-refractivity contribution in [2.24, 2.45) is 17.2 Å². The van der Waals surface area contributed by atoms with E-state index < -0.39 is 0 Å². The molecule has 6 N–H and O–H groups in total. The summed E-state index contributed by atoms with van der Waals surface area (Å²) in [5.74, 6) is 0. The monoisotopic (exact) mass is 606 g/mol. The molecular formula is C21H33Br3N6. The minimum absolute atomic E-state index is 0. The number of pyridine rings is 3. The summed E-state index contributed by atoms with van der Waals surface area (Å²) in [4.78, 5) is 0. The Morgan fingerprint density at radius 3 is 0.667 bits per heavy atom. The Morgan fingerprint density at radius 1 is 0.400 bits per heavy atom. The molecule has 0 radical (unpaired) electrons. The Bertz CT molecular complexity index is 626. The number of nitrogens with zero attached hydrogens (tertiary/aromatic N) is 3. The zero-order chi connectivity index (χ0) is 20.1. The van der Waals surface area contributed by atoms with E-state index in [9.17, 15) is 0 Å². The van der Waals surface area contributed by atoms with E-state index in [2.05, 4.69) is 0 Å². The van der Waals surface area contributed by atoms with E-state index >= 15 is 0 Å². The van der Waals surface area contributed by atoms with Gasteiger partial charge in [0.1, 0.15) is 0 Å². The molecule has 3 aromatic rings. The summed E-state index contributed by atoms with van der Waals surface area (Å²) in [6.45, 7) is 5.83. The van der Waals surface area contributed by atoms with Gasteiger partial charge in [-0.3, -0.25) is 17.2 Å². The Balaban J connectivity index is -0.000000347. The molecule has 3 rings (SSSR count). The van der Waals surface area contributed by atoms with E-state index in [1.807, 2.05) is 126 Å². The van der Waals surface area contributed by atoms with Gasteiger partial charge in [-0.2, -0.15) is 13.7 Å². The first-order valence-corrected chi connectivity index (χ1v) is 9.06. The molecule has 3 heterocycles. The van der Waals surface area contributed by atoms with Gasteiger partial charge >= 0.3 is 0 Å². The SMILES string of the molecule is CC(N)[n+]1ccccc1.CC(N)[n+]1ccccc1.CC(N)[n+]1ccccc1.[Br-].[Br-].[Br-]. The highest BCUT2D eigenvalue weighted by Gasteiger charge is 2.02. The Hall–Kier alpha value is -1.23. The van der Waals surface area contributed by atoms with E-state index in [-0.39, 0.29) is 69.4 Å². The normalized spacial score (nSPS) is 11.8. The smallest absolute Gasteiger partial charge is 0.206 e. The molecule has 0 aromatic carbocycles. The number of hydrogen-bond acceptors (Lipinski definition) is 3. The van der Waals surface area contributed by atoms with Gasteiger partial charge in [0.2, 0.25) is 18.5 Å². The fourth-order valence-electron chi connectivity index (χ4n) is 2.05. The van der Waals surface area contributed by atoms with Crippen molar-refractivity contribution in [3.05, 3.63) is 91.8 Å². The molecule has 6 nitrogen and oxygen atoms in total. The number of aromatic nitrogens is 3. The second kappa shape index (κ2) is 19.7. The van der Waals surface area contributed by atoms with Crippen molar-refractivity contribution in [1.29, 1.82) is 0 Å². The maximum absolute atomic E-state index is 5.58. The van der Waals surface area contributed by atoms with E-state index in [1.54, 1.807) is 0 Å². The van der Waals surface area contributed by atoms with Gasteiger partial charge in [-0.05, 0) is 0 Å². The van der Waals surface area contributed by atoms with Crippen molar-refractivity contribution in [2.75, 3.05) is 0 Å². The van der Waals surface area contributed by atoms with Gasteiger partial charge in [0.05, 0.1) is 0 Å². The molecule has 30 heavy (non-hydrogen) atoms. The van der Waals surface area contributed by atoms with Gasteiger partial charge < -0.3 is 50.9 Å². The lowest BCUT2D eigenvalue weighted by Gasteiger charge is -1.96. The van der Waals surface area contributed by atoms with Crippen molar-refractivity contribution in [3.8, 4) is 0 Å². The molecule has 0 aliphatic heterocycles. The van der Waals surface area contributed by atoms with Crippen molar-refractivity contribution in [1.82, 2.24) is 0 Å². The highest BCUT2D eigenvalue weighted by atomic mass is 79.9. The number of nitrogens with two attached hydrogens (primary N) is 3. The van der Waals surface area contributed by atoms with Crippen LogP contribution in [0.25, 0.3) is 0 Å². The van der Waals surface area contributed by atoms with Crippen LogP contribution in [-0.4, -0.2) is 0 Å². The third-order valence-electron chi connectivity index (χ3n) is 3.63. The van der Waals surface area contributed by atoms with Crippen LogP contribution in [0.4, 0.5) is 0 Å². The highest BCUT2D eigenvalue weighted by molar-refractivity contribution is 4.84. The molecule has 0 fully saturated rings. The minimum Gasteiger partial charge on any atom is -1.00 e. The highest BCUT2D eigenvalue weighted by Crippen LogP contribution is 1.83. The number of halogens is 3. The Kier molecular flexibility index (Phi) is 22.0. The van der Waals surface area contributed by atoms with Crippen LogP contribution >= 0.6 is 0 Å². The van der Waals surface area contributed by atoms with Gasteiger partial charge in [-0.1, -0.05) is 18.2 Å². The van der Waals surface area contributed by atoms with Crippen molar-refractivity contribution < 1.29 is 64.6 Å². The third-order valence-corrected chi connectivity index (χ3v) is 3.63. The van der Waals surface area contributed by atoms with Crippen LogP contribution in [-0.2, 0) is 0 Å². The quantitative estimate of drug-likeness (QED) is 0.258. The Labute approximate surface area is 212 Å². The van der Waals surface area contributed by atoms with Gasteiger partial charge in [-0.25, -0.2) is 0 Å². The van der Waals surface area contributed by atoms with E-state index in [0.29, 0.717) is 0 Å². The van der Waals surface area contributed by atoms with Crippen molar-refractivity contribution in [2.45, 2.75) is 39.3 Å². The predicted molar refractivity (Wildman–Crippen MR) is 107 cm³/mol. The van der Waals surface area contributed by atoms with Gasteiger partial charge in [0.15, 0.2) is 37.2 Å². The summed E-state index contributed by atoms with van der Waals surface area (Å²) in [6, 6.07) is 17.7. The first-order valence-electron chi connectivity index (χ1n) is 9.06. The molecule has 3 aromatic heterocycles. The lowest BCUT2D eigenvalue weighted by Crippen LogP contribution is -3.00. The van der Waals surface area contributed by atoms with Crippen LogP contribution in [0.5, 0.6) is 0 Å². The summed E-state index contributed by atoms with van der Waals surface area (Å²) >= 11 is 0. The van der Waals surface area contributed by atoms with Crippen LogP contribution in [0.1, 0.15) is 39.3 Å². The average molecular weight is 609 g/mol. The van der Waals surface area contributed by atoms with E-state index in [4.69, 9.17) is 17.2 Å². The molecule has 3 atom stereocenters. The molecule has 0 amide bonds. The molecule has 0 saturated heterocycles. The summed E-state index contributed by atoms with van der Waals surface area (Å²) in [5.41, 5.74) is 16.7.